The summed E-state index contributed by atoms with van der Waals surface area (Å²) in [6, 6.07) is 4.15. The van der Waals surface area contributed by atoms with Gasteiger partial charge in [-0.1, -0.05) is 11.3 Å². The Balaban J connectivity index is 1.43. The van der Waals surface area contributed by atoms with Crippen molar-refractivity contribution in [3.05, 3.63) is 52.4 Å². The third-order valence-corrected chi connectivity index (χ3v) is 6.19. The molecule has 0 unspecified atom stereocenters. The molecule has 3 heterocycles. The van der Waals surface area contributed by atoms with Gasteiger partial charge >= 0.3 is 6.09 Å². The zero-order valence-corrected chi connectivity index (χ0v) is 21.6. The third-order valence-electron chi connectivity index (χ3n) is 5.27. The number of aryl methyl sites for hydroxylation is 1. The lowest BCUT2D eigenvalue weighted by Crippen LogP contribution is -2.27. The maximum atomic E-state index is 14.7. The Morgan fingerprint density at radius 2 is 1.97 bits per heavy atom. The smallest absolute Gasteiger partial charge is 0.413 e. The molecule has 37 heavy (non-hydrogen) atoms. The normalized spacial score (nSPS) is 15.3. The number of nitrogens with one attached hydrogen (secondary N) is 3. The maximum absolute atomic E-state index is 14.7. The van der Waals surface area contributed by atoms with Crippen molar-refractivity contribution >= 4 is 45.9 Å². The highest BCUT2D eigenvalue weighted by atomic mass is 32.1. The molecule has 1 aromatic carbocycles. The number of hydrogen-bond acceptors (Lipinski definition) is 8. The first-order chi connectivity index (χ1) is 17.5. The van der Waals surface area contributed by atoms with E-state index in [1.165, 1.54) is 18.3 Å². The first kappa shape index (κ1) is 26.2. The van der Waals surface area contributed by atoms with Gasteiger partial charge in [0.2, 0.25) is 0 Å². The second-order valence-electron chi connectivity index (χ2n) is 9.41. The lowest BCUT2D eigenvalue weighted by molar-refractivity contribution is 0.0635. The van der Waals surface area contributed by atoms with E-state index in [2.05, 4.69) is 26.0 Å². The Labute approximate surface area is 216 Å². The summed E-state index contributed by atoms with van der Waals surface area (Å²) in [7, 11) is 0. The SMILES string of the molecule is Cc1cc(F)c(C(=O)Nc2ccn([C@@H]3CCOC3)n2)cc1NC(=O)c1cnc(NC(=O)OC(C)(C)C)s1. The molecule has 1 saturated heterocycles. The van der Waals surface area contributed by atoms with Gasteiger partial charge in [-0.05, 0) is 51.8 Å². The molecule has 2 aromatic heterocycles. The van der Waals surface area contributed by atoms with Crippen LogP contribution < -0.4 is 16.0 Å². The number of nitrogens with zero attached hydrogens (tertiary/aromatic N) is 3. The van der Waals surface area contributed by atoms with Crippen molar-refractivity contribution in [2.75, 3.05) is 29.2 Å². The van der Waals surface area contributed by atoms with Crippen LogP contribution in [0.2, 0.25) is 0 Å². The zero-order valence-electron chi connectivity index (χ0n) is 20.8. The Morgan fingerprint density at radius 1 is 1.19 bits per heavy atom. The van der Waals surface area contributed by atoms with E-state index in [4.69, 9.17) is 9.47 Å². The number of rotatable bonds is 6. The average molecular weight is 531 g/mol. The van der Waals surface area contributed by atoms with Gasteiger partial charge in [-0.15, -0.1) is 0 Å². The number of halogens is 1. The molecule has 4 rings (SSSR count). The van der Waals surface area contributed by atoms with Crippen molar-refractivity contribution < 1.29 is 28.2 Å². The van der Waals surface area contributed by atoms with E-state index < -0.39 is 29.3 Å². The summed E-state index contributed by atoms with van der Waals surface area (Å²) in [5, 5.41) is 12.2. The lowest BCUT2D eigenvalue weighted by Gasteiger charge is -2.18. The van der Waals surface area contributed by atoms with E-state index in [9.17, 15) is 18.8 Å². The summed E-state index contributed by atoms with van der Waals surface area (Å²) in [5.41, 5.74) is -0.266. The van der Waals surface area contributed by atoms with Crippen molar-refractivity contribution in [1.29, 1.82) is 0 Å². The molecule has 0 radical (unpaired) electrons. The summed E-state index contributed by atoms with van der Waals surface area (Å²) >= 11 is 0.941. The molecule has 0 bridgehead atoms. The van der Waals surface area contributed by atoms with Gasteiger partial charge in [-0.25, -0.2) is 14.2 Å². The molecule has 0 aliphatic carbocycles. The van der Waals surface area contributed by atoms with Crippen LogP contribution in [0.3, 0.4) is 0 Å². The van der Waals surface area contributed by atoms with Gasteiger partial charge in [0.25, 0.3) is 11.8 Å². The largest absolute Gasteiger partial charge is 0.444 e. The van der Waals surface area contributed by atoms with Crippen molar-refractivity contribution in [3.63, 3.8) is 0 Å². The van der Waals surface area contributed by atoms with Crippen LogP contribution in [-0.4, -0.2) is 51.5 Å². The fourth-order valence-corrected chi connectivity index (χ4v) is 4.21. The van der Waals surface area contributed by atoms with Crippen molar-refractivity contribution in [2.45, 2.75) is 45.8 Å². The van der Waals surface area contributed by atoms with Crippen LogP contribution in [0.25, 0.3) is 0 Å². The number of carbonyl (C=O) groups is 3. The first-order valence-corrected chi connectivity index (χ1v) is 12.3. The van der Waals surface area contributed by atoms with E-state index in [1.807, 2.05) is 0 Å². The average Bonchev–Trinajstić information content (AvgIpc) is 3.55. The Morgan fingerprint density at radius 3 is 2.68 bits per heavy atom. The molecule has 1 aliphatic heterocycles. The quantitative estimate of drug-likeness (QED) is 0.424. The Bertz CT molecular complexity index is 1330. The first-order valence-electron chi connectivity index (χ1n) is 11.5. The fraction of sp³-hybridized carbons (Fsp3) is 0.375. The summed E-state index contributed by atoms with van der Waals surface area (Å²) in [6.45, 7) is 7.98. The van der Waals surface area contributed by atoms with Gasteiger partial charge < -0.3 is 20.1 Å². The molecular weight excluding hydrogens is 503 g/mol. The molecule has 0 spiro atoms. The topological polar surface area (TPSA) is 136 Å². The van der Waals surface area contributed by atoms with E-state index >= 15 is 0 Å². The minimum atomic E-state index is -0.738. The standard InChI is InChI=1S/C24H27FN6O5S/c1-13-9-16(25)15(20(32)28-19-5-7-31(30-19)14-6-8-35-12-14)10-17(13)27-21(33)18-11-26-22(37-18)29-23(34)36-24(2,3)4/h5,7,9-11,14H,6,8,12H2,1-4H3,(H,27,33)(H,26,29,34)(H,28,30,32)/t14-/m1/s1. The molecule has 3 N–H and O–H groups in total. The molecule has 11 nitrogen and oxygen atoms in total. The molecule has 3 aromatic rings. The van der Waals surface area contributed by atoms with Crippen LogP contribution in [0.4, 0.5) is 25.8 Å². The monoisotopic (exact) mass is 530 g/mol. The minimum absolute atomic E-state index is 0.0928. The van der Waals surface area contributed by atoms with E-state index in [-0.39, 0.29) is 33.1 Å². The van der Waals surface area contributed by atoms with Gasteiger partial charge in [-0.3, -0.25) is 19.6 Å². The van der Waals surface area contributed by atoms with Crippen molar-refractivity contribution in [2.24, 2.45) is 0 Å². The number of hydrogen-bond donors (Lipinski definition) is 3. The van der Waals surface area contributed by atoms with Crippen molar-refractivity contribution in [1.82, 2.24) is 14.8 Å². The van der Waals surface area contributed by atoms with Crippen LogP contribution in [0.1, 0.15) is 58.8 Å². The Hall–Kier alpha value is -3.84. The molecular formula is C24H27FN6O5S. The molecule has 1 aliphatic rings. The van der Waals surface area contributed by atoms with Gasteiger partial charge in [0.1, 0.15) is 16.3 Å². The van der Waals surface area contributed by atoms with Crippen LogP contribution in [0.5, 0.6) is 0 Å². The van der Waals surface area contributed by atoms with E-state index in [0.717, 1.165) is 17.8 Å². The highest BCUT2D eigenvalue weighted by Gasteiger charge is 2.22. The Kier molecular flexibility index (Phi) is 7.55. The molecule has 3 amide bonds. The fourth-order valence-electron chi connectivity index (χ4n) is 3.52. The molecule has 0 saturated carbocycles. The number of amides is 3. The van der Waals surface area contributed by atoms with Crippen LogP contribution in [0, 0.1) is 12.7 Å². The second kappa shape index (κ2) is 10.6. The van der Waals surface area contributed by atoms with Crippen LogP contribution in [0.15, 0.2) is 30.6 Å². The number of ether oxygens (including phenoxy) is 2. The predicted octanol–water partition coefficient (Wildman–Crippen LogP) is 4.60. The summed E-state index contributed by atoms with van der Waals surface area (Å²) < 4.78 is 26.9. The number of carbonyl (C=O) groups excluding carboxylic acids is 3. The summed E-state index contributed by atoms with van der Waals surface area (Å²) in [6.07, 6.45) is 3.15. The van der Waals surface area contributed by atoms with Crippen molar-refractivity contribution in [3.8, 4) is 0 Å². The second-order valence-corrected chi connectivity index (χ2v) is 10.4. The van der Waals surface area contributed by atoms with Gasteiger partial charge in [-0.2, -0.15) is 5.10 Å². The van der Waals surface area contributed by atoms with Gasteiger partial charge in [0.05, 0.1) is 24.4 Å². The van der Waals surface area contributed by atoms with Gasteiger partial charge in [0, 0.05) is 24.6 Å². The zero-order chi connectivity index (χ0) is 26.7. The molecule has 1 fully saturated rings. The van der Waals surface area contributed by atoms with Crippen LogP contribution >= 0.6 is 11.3 Å². The molecule has 13 heteroatoms. The van der Waals surface area contributed by atoms with E-state index in [1.54, 1.807) is 44.6 Å². The summed E-state index contributed by atoms with van der Waals surface area (Å²) in [4.78, 5) is 41.7. The number of anilines is 3. The maximum Gasteiger partial charge on any atom is 0.413 e. The predicted molar refractivity (Wildman–Crippen MR) is 136 cm³/mol. The van der Waals surface area contributed by atoms with Gasteiger partial charge in [0.15, 0.2) is 10.9 Å². The number of benzene rings is 1. The summed E-state index contributed by atoms with van der Waals surface area (Å²) in [5.74, 6) is -1.70. The van der Waals surface area contributed by atoms with Crippen LogP contribution in [-0.2, 0) is 9.47 Å². The highest BCUT2D eigenvalue weighted by Crippen LogP contribution is 2.25. The van der Waals surface area contributed by atoms with E-state index in [0.29, 0.717) is 18.8 Å². The number of thiazole rings is 1. The molecule has 1 atom stereocenters. The lowest BCUT2D eigenvalue weighted by atomic mass is 10.1. The minimum Gasteiger partial charge on any atom is -0.444 e. The molecule has 196 valence electrons. The number of aromatic nitrogens is 3. The highest BCUT2D eigenvalue weighted by molar-refractivity contribution is 7.17. The third kappa shape index (κ3) is 6.68.